The molecule has 0 fully saturated rings. The molecule has 0 aliphatic rings. The van der Waals surface area contributed by atoms with Gasteiger partial charge in [-0.1, -0.05) is 19.1 Å². The van der Waals surface area contributed by atoms with E-state index < -0.39 is 0 Å². The summed E-state index contributed by atoms with van der Waals surface area (Å²) in [7, 11) is 0. The summed E-state index contributed by atoms with van der Waals surface area (Å²) in [5, 5.41) is 1.06. The number of thioether (sulfide) groups is 1. The second-order valence-electron chi connectivity index (χ2n) is 3.01. The van der Waals surface area contributed by atoms with E-state index in [0.717, 1.165) is 22.2 Å². The average Bonchev–Trinajstić information content (AvgIpc) is 2.31. The maximum Gasteiger partial charge on any atom is 0.0967 e. The summed E-state index contributed by atoms with van der Waals surface area (Å²) in [5.74, 6) is 1.04. The molecule has 0 radical (unpaired) electrons. The number of hydrogen-bond donors (Lipinski definition) is 0. The van der Waals surface area contributed by atoms with E-state index >= 15 is 0 Å². The van der Waals surface area contributed by atoms with E-state index in [-0.39, 0.29) is 0 Å². The van der Waals surface area contributed by atoms with Gasteiger partial charge in [-0.25, -0.2) is 4.98 Å². The highest BCUT2D eigenvalue weighted by atomic mass is 32.2. The van der Waals surface area contributed by atoms with Gasteiger partial charge in [0.05, 0.1) is 16.4 Å². The Morgan fingerprint density at radius 3 is 2.67 bits per heavy atom. The van der Waals surface area contributed by atoms with Crippen LogP contribution in [0.3, 0.4) is 0 Å². The zero-order valence-electron chi connectivity index (χ0n) is 8.55. The third-order valence-electron chi connectivity index (χ3n) is 1.94. The number of rotatable bonds is 3. The number of hydrogen-bond acceptors (Lipinski definition) is 3. The van der Waals surface area contributed by atoms with E-state index in [1.165, 1.54) is 0 Å². The van der Waals surface area contributed by atoms with Crippen molar-refractivity contribution in [1.82, 2.24) is 9.97 Å². The molecule has 0 saturated carbocycles. The van der Waals surface area contributed by atoms with E-state index in [2.05, 4.69) is 16.9 Å². The molecule has 0 spiro atoms. The summed E-state index contributed by atoms with van der Waals surface area (Å²) in [6.45, 7) is 2.12. The fourth-order valence-corrected chi connectivity index (χ4v) is 1.93. The lowest BCUT2D eigenvalue weighted by atomic mass is 10.2. The summed E-state index contributed by atoms with van der Waals surface area (Å²) in [6, 6.07) is 11.9. The molecule has 2 aromatic rings. The highest BCUT2D eigenvalue weighted by molar-refractivity contribution is 7.99. The molecule has 0 amide bonds. The first kappa shape index (κ1) is 10.2. The van der Waals surface area contributed by atoms with Gasteiger partial charge in [0.1, 0.15) is 0 Å². The van der Waals surface area contributed by atoms with Crippen molar-refractivity contribution in [3.63, 3.8) is 0 Å². The monoisotopic (exact) mass is 216 g/mol. The smallest absolute Gasteiger partial charge is 0.0967 e. The first-order valence-electron chi connectivity index (χ1n) is 4.91. The molecular weight excluding hydrogens is 204 g/mol. The molecule has 2 rings (SSSR count). The van der Waals surface area contributed by atoms with Crippen LogP contribution in [0.4, 0.5) is 0 Å². The van der Waals surface area contributed by atoms with Crippen LogP contribution in [0.15, 0.2) is 47.6 Å². The first-order chi connectivity index (χ1) is 7.40. The Bertz CT molecular complexity index is 429. The minimum Gasteiger partial charge on any atom is -0.255 e. The lowest BCUT2D eigenvalue weighted by Gasteiger charge is -2.02. The fraction of sp³-hybridized carbons (Fsp3) is 0.167. The summed E-state index contributed by atoms with van der Waals surface area (Å²) >= 11 is 1.75. The van der Waals surface area contributed by atoms with E-state index in [1.807, 2.05) is 36.4 Å². The molecule has 2 heterocycles. The number of nitrogens with zero attached hydrogens (tertiary/aromatic N) is 2. The summed E-state index contributed by atoms with van der Waals surface area (Å²) in [4.78, 5) is 8.81. The third-order valence-corrected chi connectivity index (χ3v) is 2.75. The zero-order chi connectivity index (χ0) is 10.5. The van der Waals surface area contributed by atoms with Crippen molar-refractivity contribution in [3.8, 4) is 11.4 Å². The number of aromatic nitrogens is 2. The van der Waals surface area contributed by atoms with Crippen molar-refractivity contribution in [2.75, 3.05) is 5.75 Å². The predicted molar refractivity (Wildman–Crippen MR) is 63.9 cm³/mol. The Morgan fingerprint density at radius 1 is 1.07 bits per heavy atom. The van der Waals surface area contributed by atoms with Crippen LogP contribution in [0.25, 0.3) is 11.4 Å². The quantitative estimate of drug-likeness (QED) is 0.736. The van der Waals surface area contributed by atoms with Gasteiger partial charge in [0.2, 0.25) is 0 Å². The van der Waals surface area contributed by atoms with Crippen molar-refractivity contribution in [3.05, 3.63) is 42.6 Å². The fourth-order valence-electron chi connectivity index (χ4n) is 1.30. The van der Waals surface area contributed by atoms with E-state index in [0.29, 0.717) is 0 Å². The Hall–Kier alpha value is -1.35. The maximum absolute atomic E-state index is 4.53. The lowest BCUT2D eigenvalue weighted by Crippen LogP contribution is -1.88. The van der Waals surface area contributed by atoms with Gasteiger partial charge < -0.3 is 0 Å². The first-order valence-corrected chi connectivity index (χ1v) is 5.90. The van der Waals surface area contributed by atoms with Gasteiger partial charge in [0, 0.05) is 6.20 Å². The Labute approximate surface area is 93.8 Å². The highest BCUT2D eigenvalue weighted by Gasteiger charge is 2.00. The Balaban J connectivity index is 2.33. The van der Waals surface area contributed by atoms with Crippen molar-refractivity contribution >= 4 is 11.8 Å². The molecule has 76 valence electrons. The standard InChI is InChI=1S/C12H12N2S/c1-2-15-12-8-5-7-11(14-12)10-6-3-4-9-13-10/h3-9H,2H2,1H3. The molecular formula is C12H12N2S. The number of pyridine rings is 2. The SMILES string of the molecule is CCSc1cccc(-c2ccccn2)n1. The van der Waals surface area contributed by atoms with Crippen LogP contribution in [0, 0.1) is 0 Å². The van der Waals surface area contributed by atoms with Crippen LogP contribution in [0.2, 0.25) is 0 Å². The second-order valence-corrected chi connectivity index (χ2v) is 4.29. The predicted octanol–water partition coefficient (Wildman–Crippen LogP) is 3.26. The highest BCUT2D eigenvalue weighted by Crippen LogP contribution is 2.19. The largest absolute Gasteiger partial charge is 0.255 e. The second kappa shape index (κ2) is 4.94. The van der Waals surface area contributed by atoms with Crippen LogP contribution < -0.4 is 0 Å². The summed E-state index contributed by atoms with van der Waals surface area (Å²) in [6.07, 6.45) is 1.79. The third kappa shape index (κ3) is 2.57. The topological polar surface area (TPSA) is 25.8 Å². The molecule has 0 saturated heterocycles. The molecule has 15 heavy (non-hydrogen) atoms. The van der Waals surface area contributed by atoms with Crippen molar-refractivity contribution in [2.45, 2.75) is 11.9 Å². The molecule has 3 heteroatoms. The molecule has 0 aliphatic heterocycles. The van der Waals surface area contributed by atoms with Crippen LogP contribution in [-0.4, -0.2) is 15.7 Å². The summed E-state index contributed by atoms with van der Waals surface area (Å²) in [5.41, 5.74) is 1.87. The lowest BCUT2D eigenvalue weighted by molar-refractivity contribution is 1.12. The van der Waals surface area contributed by atoms with Gasteiger partial charge in [-0.05, 0) is 30.0 Å². The van der Waals surface area contributed by atoms with E-state index in [9.17, 15) is 0 Å². The van der Waals surface area contributed by atoms with E-state index in [1.54, 1.807) is 18.0 Å². The van der Waals surface area contributed by atoms with Crippen LogP contribution in [-0.2, 0) is 0 Å². The molecule has 0 aliphatic carbocycles. The van der Waals surface area contributed by atoms with Crippen molar-refractivity contribution in [2.24, 2.45) is 0 Å². The molecule has 0 unspecified atom stereocenters. The Kier molecular flexibility index (Phi) is 3.35. The zero-order valence-corrected chi connectivity index (χ0v) is 9.37. The van der Waals surface area contributed by atoms with Crippen LogP contribution in [0.5, 0.6) is 0 Å². The Morgan fingerprint density at radius 2 is 1.93 bits per heavy atom. The van der Waals surface area contributed by atoms with E-state index in [4.69, 9.17) is 0 Å². The minimum atomic E-state index is 0.927. The molecule has 0 bridgehead atoms. The molecule has 2 aromatic heterocycles. The van der Waals surface area contributed by atoms with Crippen molar-refractivity contribution < 1.29 is 0 Å². The molecule has 0 N–H and O–H groups in total. The van der Waals surface area contributed by atoms with Gasteiger partial charge >= 0.3 is 0 Å². The van der Waals surface area contributed by atoms with Gasteiger partial charge in [0.25, 0.3) is 0 Å². The van der Waals surface area contributed by atoms with Gasteiger partial charge in [-0.2, -0.15) is 0 Å². The van der Waals surface area contributed by atoms with Gasteiger partial charge in [-0.15, -0.1) is 11.8 Å². The van der Waals surface area contributed by atoms with Crippen LogP contribution >= 0.6 is 11.8 Å². The summed E-state index contributed by atoms with van der Waals surface area (Å²) < 4.78 is 0. The molecule has 0 aromatic carbocycles. The normalized spacial score (nSPS) is 10.2. The maximum atomic E-state index is 4.53. The minimum absolute atomic E-state index is 0.927. The average molecular weight is 216 g/mol. The van der Waals surface area contributed by atoms with Crippen LogP contribution in [0.1, 0.15) is 6.92 Å². The molecule has 2 nitrogen and oxygen atoms in total. The van der Waals surface area contributed by atoms with Gasteiger partial charge in [-0.3, -0.25) is 4.98 Å². The van der Waals surface area contributed by atoms with Gasteiger partial charge in [0.15, 0.2) is 0 Å². The molecule has 0 atom stereocenters. The van der Waals surface area contributed by atoms with Crippen molar-refractivity contribution in [1.29, 1.82) is 0 Å².